The Morgan fingerprint density at radius 2 is 2.04 bits per heavy atom. The van der Waals surface area contributed by atoms with E-state index in [2.05, 4.69) is 10.2 Å². The van der Waals surface area contributed by atoms with E-state index in [1.165, 1.54) is 12.8 Å². The number of rotatable bonds is 7. The fourth-order valence-corrected chi connectivity index (χ4v) is 3.56. The van der Waals surface area contributed by atoms with Crippen LogP contribution in [0.25, 0.3) is 0 Å². The maximum atomic E-state index is 12.2. The molecular weight excluding hydrogens is 320 g/mol. The first-order valence-electron chi connectivity index (χ1n) is 9.08. The molecule has 2 heterocycles. The number of hydrogen-bond donors (Lipinski definition) is 1. The van der Waals surface area contributed by atoms with Crippen LogP contribution < -0.4 is 10.1 Å². The molecule has 0 saturated carbocycles. The highest BCUT2D eigenvalue weighted by atomic mass is 16.5. The molecule has 6 nitrogen and oxygen atoms in total. The third kappa shape index (κ3) is 5.17. The van der Waals surface area contributed by atoms with Gasteiger partial charge < -0.3 is 19.5 Å². The number of methoxy groups -OCH3 is 1. The quantitative estimate of drug-likeness (QED) is 0.811. The van der Waals surface area contributed by atoms with Gasteiger partial charge in [-0.3, -0.25) is 9.69 Å². The molecule has 1 aromatic carbocycles. The van der Waals surface area contributed by atoms with E-state index in [9.17, 15) is 4.79 Å². The van der Waals surface area contributed by atoms with Crippen LogP contribution in [0.1, 0.15) is 24.8 Å². The van der Waals surface area contributed by atoms with E-state index in [0.717, 1.165) is 30.8 Å². The third-order valence-corrected chi connectivity index (χ3v) is 4.94. The lowest BCUT2D eigenvalue weighted by molar-refractivity contribution is -0.128. The molecule has 0 radical (unpaired) electrons. The summed E-state index contributed by atoms with van der Waals surface area (Å²) in [4.78, 5) is 14.7. The Hall–Kier alpha value is -1.63. The summed E-state index contributed by atoms with van der Waals surface area (Å²) in [6.45, 7) is 4.12. The van der Waals surface area contributed by atoms with Crippen molar-refractivity contribution < 1.29 is 19.0 Å². The van der Waals surface area contributed by atoms with Crippen molar-refractivity contribution in [3.8, 4) is 5.75 Å². The molecular formula is C19H28N2O4. The van der Waals surface area contributed by atoms with Crippen LogP contribution in [0.2, 0.25) is 0 Å². The predicted molar refractivity (Wildman–Crippen MR) is 94.6 cm³/mol. The highest BCUT2D eigenvalue weighted by molar-refractivity contribution is 5.77. The van der Waals surface area contributed by atoms with Gasteiger partial charge in [0.2, 0.25) is 5.91 Å². The van der Waals surface area contributed by atoms with Crippen molar-refractivity contribution in [2.45, 2.75) is 38.0 Å². The Labute approximate surface area is 149 Å². The number of benzene rings is 1. The number of carbonyl (C=O) groups excluding carboxylic acids is 1. The van der Waals surface area contributed by atoms with E-state index < -0.39 is 0 Å². The molecule has 1 amide bonds. The molecule has 2 aliphatic rings. The summed E-state index contributed by atoms with van der Waals surface area (Å²) >= 11 is 0. The number of ether oxygens (including phenoxy) is 3. The minimum atomic E-state index is -0.0513. The molecule has 0 aromatic heterocycles. The first kappa shape index (κ1) is 18.2. The maximum Gasteiger partial charge on any atom is 0.246 e. The molecule has 6 heteroatoms. The smallest absolute Gasteiger partial charge is 0.246 e. The van der Waals surface area contributed by atoms with E-state index >= 15 is 0 Å². The molecule has 1 N–H and O–H groups in total. The average molecular weight is 348 g/mol. The van der Waals surface area contributed by atoms with Crippen LogP contribution in [-0.2, 0) is 20.9 Å². The number of hydrogen-bond acceptors (Lipinski definition) is 5. The second-order valence-corrected chi connectivity index (χ2v) is 6.69. The van der Waals surface area contributed by atoms with E-state index in [1.807, 2.05) is 24.3 Å². The second kappa shape index (κ2) is 9.17. The molecule has 2 fully saturated rings. The lowest BCUT2D eigenvalue weighted by atomic mass is 10.0. The van der Waals surface area contributed by atoms with Gasteiger partial charge in [0.15, 0.2) is 0 Å². The Kier molecular flexibility index (Phi) is 6.67. The van der Waals surface area contributed by atoms with Gasteiger partial charge in [-0.15, -0.1) is 0 Å². The van der Waals surface area contributed by atoms with Gasteiger partial charge in [0.05, 0.1) is 26.4 Å². The zero-order valence-corrected chi connectivity index (χ0v) is 14.9. The van der Waals surface area contributed by atoms with Crippen molar-refractivity contribution in [1.29, 1.82) is 0 Å². The third-order valence-electron chi connectivity index (χ3n) is 4.94. The van der Waals surface area contributed by atoms with Crippen molar-refractivity contribution in [3.05, 3.63) is 29.8 Å². The Bertz CT molecular complexity index is 543. The van der Waals surface area contributed by atoms with Crippen LogP contribution in [0.15, 0.2) is 24.3 Å². The summed E-state index contributed by atoms with van der Waals surface area (Å²) in [6, 6.07) is 8.12. The van der Waals surface area contributed by atoms with E-state index in [-0.39, 0.29) is 18.6 Å². The van der Waals surface area contributed by atoms with Crippen molar-refractivity contribution in [2.24, 2.45) is 0 Å². The van der Waals surface area contributed by atoms with Crippen LogP contribution in [-0.4, -0.2) is 62.9 Å². The van der Waals surface area contributed by atoms with Crippen molar-refractivity contribution >= 4 is 5.91 Å². The van der Waals surface area contributed by atoms with Gasteiger partial charge in [-0.05, 0) is 50.0 Å². The van der Waals surface area contributed by atoms with Crippen LogP contribution in [0.3, 0.4) is 0 Å². The van der Waals surface area contributed by atoms with Gasteiger partial charge >= 0.3 is 0 Å². The normalized spacial score (nSPS) is 24.2. The fraction of sp³-hybridized carbons (Fsp3) is 0.632. The monoisotopic (exact) mass is 348 g/mol. The summed E-state index contributed by atoms with van der Waals surface area (Å²) in [5.41, 5.74) is 1.02. The largest absolute Gasteiger partial charge is 0.497 e. The van der Waals surface area contributed by atoms with Crippen LogP contribution in [0.4, 0.5) is 0 Å². The molecule has 0 aliphatic carbocycles. The number of nitrogens with zero attached hydrogens (tertiary/aromatic N) is 1. The molecule has 3 rings (SSSR count). The summed E-state index contributed by atoms with van der Waals surface area (Å²) < 4.78 is 16.3. The number of carbonyl (C=O) groups is 1. The molecule has 0 spiro atoms. The number of likely N-dealkylation sites (tertiary alicyclic amines) is 1. The highest BCUT2D eigenvalue weighted by Gasteiger charge is 2.33. The zero-order valence-electron chi connectivity index (χ0n) is 14.9. The van der Waals surface area contributed by atoms with Crippen molar-refractivity contribution in [1.82, 2.24) is 10.2 Å². The first-order chi connectivity index (χ1) is 12.3. The van der Waals surface area contributed by atoms with E-state index in [1.54, 1.807) is 7.11 Å². The summed E-state index contributed by atoms with van der Waals surface area (Å²) in [6.07, 6.45) is 3.34. The fourth-order valence-electron chi connectivity index (χ4n) is 3.56. The Morgan fingerprint density at radius 1 is 1.28 bits per heavy atom. The number of amides is 1. The first-order valence-corrected chi connectivity index (χ1v) is 9.08. The minimum absolute atomic E-state index is 0.0513. The maximum absolute atomic E-state index is 12.2. The van der Waals surface area contributed by atoms with Gasteiger partial charge in [0.25, 0.3) is 0 Å². The predicted octanol–water partition coefficient (Wildman–Crippen LogP) is 1.58. The van der Waals surface area contributed by atoms with Gasteiger partial charge in [0.1, 0.15) is 12.4 Å². The zero-order chi connectivity index (χ0) is 17.5. The lowest BCUT2D eigenvalue weighted by Crippen LogP contribution is -2.56. The van der Waals surface area contributed by atoms with E-state index in [4.69, 9.17) is 14.2 Å². The van der Waals surface area contributed by atoms with E-state index in [0.29, 0.717) is 25.9 Å². The van der Waals surface area contributed by atoms with Crippen molar-refractivity contribution in [3.63, 3.8) is 0 Å². The molecule has 0 bridgehead atoms. The molecule has 1 aromatic rings. The molecule has 2 atom stereocenters. The topological polar surface area (TPSA) is 60.0 Å². The highest BCUT2D eigenvalue weighted by Crippen LogP contribution is 2.19. The van der Waals surface area contributed by atoms with Crippen LogP contribution in [0, 0.1) is 0 Å². The van der Waals surface area contributed by atoms with Gasteiger partial charge in [-0.1, -0.05) is 12.1 Å². The summed E-state index contributed by atoms with van der Waals surface area (Å²) in [5, 5.41) is 3.14. The second-order valence-electron chi connectivity index (χ2n) is 6.69. The number of nitrogens with one attached hydrogen (secondary N) is 1. The lowest BCUT2D eigenvalue weighted by Gasteiger charge is -2.38. The van der Waals surface area contributed by atoms with Gasteiger partial charge in [-0.2, -0.15) is 0 Å². The van der Waals surface area contributed by atoms with Crippen LogP contribution in [0.5, 0.6) is 5.75 Å². The SMILES string of the molecule is COc1ccc(COCC(=O)NC2CCOCC2N2CCCC2)cc1. The minimum Gasteiger partial charge on any atom is -0.497 e. The molecule has 2 saturated heterocycles. The molecule has 25 heavy (non-hydrogen) atoms. The molecule has 2 unspecified atom stereocenters. The van der Waals surface area contributed by atoms with Crippen molar-refractivity contribution in [2.75, 3.05) is 40.0 Å². The Morgan fingerprint density at radius 3 is 2.76 bits per heavy atom. The summed E-state index contributed by atoms with van der Waals surface area (Å²) in [5.74, 6) is 0.763. The molecule has 138 valence electrons. The average Bonchev–Trinajstić information content (AvgIpc) is 3.17. The van der Waals surface area contributed by atoms with Gasteiger partial charge in [0, 0.05) is 12.6 Å². The standard InChI is InChI=1S/C19H28N2O4/c1-23-16-6-4-15(5-7-16)12-25-14-19(22)20-17-8-11-24-13-18(17)21-9-2-3-10-21/h4-7,17-18H,2-3,8-14H2,1H3,(H,20,22). The van der Waals surface area contributed by atoms with Crippen LogP contribution >= 0.6 is 0 Å². The Balaban J connectivity index is 1.42. The summed E-state index contributed by atoms with van der Waals surface area (Å²) in [7, 11) is 1.64. The van der Waals surface area contributed by atoms with Gasteiger partial charge in [-0.25, -0.2) is 0 Å². The molecule has 2 aliphatic heterocycles.